The minimum atomic E-state index is 1.20. The molecule has 0 aromatic rings. The van der Waals surface area contributed by atoms with Gasteiger partial charge in [-0.15, -0.1) is 0 Å². The van der Waals surface area contributed by atoms with Gasteiger partial charge in [0.25, 0.3) is 0 Å². The summed E-state index contributed by atoms with van der Waals surface area (Å²) in [4.78, 5) is 0. The number of rotatable bonds is 2. The van der Waals surface area contributed by atoms with Gasteiger partial charge in [-0.3, -0.25) is 4.57 Å². The molecule has 0 aromatic heterocycles. The van der Waals surface area contributed by atoms with Gasteiger partial charge >= 0.3 is 0 Å². The molecule has 2 aliphatic carbocycles. The molecule has 2 heteroatoms. The zero-order valence-electron chi connectivity index (χ0n) is 7.48. The minimum Gasteiger partial charge on any atom is -0.279 e. The van der Waals surface area contributed by atoms with Gasteiger partial charge in [-0.2, -0.15) is 0 Å². The molecule has 0 saturated carbocycles. The Morgan fingerprint density at radius 3 is 2.25 bits per heavy atom. The highest BCUT2D eigenvalue weighted by molar-refractivity contribution is 7.00. The van der Waals surface area contributed by atoms with Gasteiger partial charge in [-0.05, 0) is 41.2 Å². The van der Waals surface area contributed by atoms with Crippen LogP contribution in [-0.4, -0.2) is 0 Å². The van der Waals surface area contributed by atoms with Gasteiger partial charge in [0, 0.05) is 0 Å². The van der Waals surface area contributed by atoms with Crippen molar-refractivity contribution in [3.63, 3.8) is 0 Å². The lowest BCUT2D eigenvalue weighted by Gasteiger charge is -1.96. The van der Waals surface area contributed by atoms with E-state index in [1.807, 2.05) is 0 Å². The molecule has 0 aliphatic heterocycles. The molecule has 0 unspecified atom stereocenters. The van der Waals surface area contributed by atoms with Gasteiger partial charge in [0.2, 0.25) is 0 Å². The number of fused-ring (bicyclic) bond motifs is 1. The molecule has 2 rings (SSSR count). The van der Waals surface area contributed by atoms with Crippen LogP contribution in [0.2, 0.25) is 0 Å². The highest BCUT2D eigenvalue weighted by atomic mass is 31.0. The van der Waals surface area contributed by atoms with E-state index in [-0.39, 0.29) is 0 Å². The van der Waals surface area contributed by atoms with Crippen LogP contribution < -0.4 is 0 Å². The lowest BCUT2D eigenvalue weighted by Crippen LogP contribution is -1.83. The Balaban J connectivity index is 0.000000336. The van der Waals surface area contributed by atoms with Crippen LogP contribution in [0.4, 0.5) is 0 Å². The van der Waals surface area contributed by atoms with Crippen LogP contribution in [0.25, 0.3) is 11.1 Å². The van der Waals surface area contributed by atoms with Crippen molar-refractivity contribution >= 4 is 9.12 Å². The van der Waals surface area contributed by atoms with Crippen LogP contribution in [-0.2, 0) is 17.4 Å². The smallest absolute Gasteiger partial charge is 0.138 e. The molecule has 0 spiro atoms. The molecule has 1 nitrogen and oxygen atoms in total. The van der Waals surface area contributed by atoms with Crippen LogP contribution >= 0.6 is 9.12 Å². The van der Waals surface area contributed by atoms with E-state index in [1.165, 1.54) is 18.4 Å². The molecular formula is C10H13OP. The molecule has 64 valence electrons. The first-order chi connectivity index (χ1) is 5.86. The zero-order valence-corrected chi connectivity index (χ0v) is 8.48. The Kier molecular flexibility index (Phi) is 2.99. The quantitative estimate of drug-likeness (QED) is 0.648. The fraction of sp³-hybridized carbons (Fsp3) is 0.400. The first kappa shape index (κ1) is 9.41. The molecule has 0 bridgehead atoms. The third-order valence-corrected chi connectivity index (χ3v) is 2.30. The van der Waals surface area contributed by atoms with Gasteiger partial charge in [0.15, 0.2) is 0 Å². The van der Waals surface area contributed by atoms with E-state index in [2.05, 4.69) is 26.0 Å². The van der Waals surface area contributed by atoms with Crippen LogP contribution in [0.15, 0.2) is 12.1 Å². The Hall–Kier alpha value is -0.680. The van der Waals surface area contributed by atoms with E-state index in [0.717, 1.165) is 0 Å². The summed E-state index contributed by atoms with van der Waals surface area (Å²) < 4.78 is 8.06. The normalized spacial score (nSPS) is 10.2. The molecule has 0 radical (unpaired) electrons. The predicted octanol–water partition coefficient (Wildman–Crippen LogP) is 3.27. The van der Waals surface area contributed by atoms with Crippen molar-refractivity contribution in [1.29, 1.82) is 0 Å². The lowest BCUT2D eigenvalue weighted by molar-refractivity contribution is 0.607. The van der Waals surface area contributed by atoms with E-state index in [1.54, 1.807) is 25.8 Å². The summed E-state index contributed by atoms with van der Waals surface area (Å²) in [5, 5.41) is 0. The maximum Gasteiger partial charge on any atom is 0.138 e. The highest BCUT2D eigenvalue weighted by Crippen LogP contribution is 2.41. The van der Waals surface area contributed by atoms with Crippen molar-refractivity contribution < 1.29 is 4.57 Å². The molecular weight excluding hydrogens is 167 g/mol. The van der Waals surface area contributed by atoms with Crippen molar-refractivity contribution in [2.45, 2.75) is 26.7 Å². The Morgan fingerprint density at radius 2 is 1.83 bits per heavy atom. The Bertz CT molecular complexity index is 294. The number of hydrogen-bond acceptors (Lipinski definition) is 1. The van der Waals surface area contributed by atoms with E-state index in [9.17, 15) is 0 Å². The summed E-state index contributed by atoms with van der Waals surface area (Å²) in [5.41, 5.74) is 6.19. The summed E-state index contributed by atoms with van der Waals surface area (Å²) in [6, 6.07) is 4.60. The van der Waals surface area contributed by atoms with Crippen molar-refractivity contribution in [3.8, 4) is 11.1 Å². The van der Waals surface area contributed by atoms with Gasteiger partial charge in [0.05, 0.1) is 0 Å². The van der Waals surface area contributed by atoms with E-state index in [0.29, 0.717) is 0 Å². The third kappa shape index (κ3) is 1.42. The summed E-state index contributed by atoms with van der Waals surface area (Å²) in [7, 11) is 1.72. The third-order valence-electron chi connectivity index (χ3n) is 2.30. The summed E-state index contributed by atoms with van der Waals surface area (Å²) in [6.45, 7) is 4.47. The van der Waals surface area contributed by atoms with Gasteiger partial charge in [-0.25, -0.2) is 0 Å². The van der Waals surface area contributed by atoms with Crippen molar-refractivity contribution in [2.75, 3.05) is 0 Å². The van der Waals surface area contributed by atoms with E-state index >= 15 is 0 Å². The second-order valence-electron chi connectivity index (χ2n) is 2.87. The second-order valence-corrected chi connectivity index (χ2v) is 2.87. The van der Waals surface area contributed by atoms with E-state index in [4.69, 9.17) is 4.57 Å². The van der Waals surface area contributed by atoms with Crippen molar-refractivity contribution in [1.82, 2.24) is 0 Å². The second kappa shape index (κ2) is 3.82. The molecule has 0 fully saturated rings. The number of aryl methyl sites for hydroxylation is 1. The summed E-state index contributed by atoms with van der Waals surface area (Å²) in [5.74, 6) is 0. The minimum absolute atomic E-state index is 1.20. The largest absolute Gasteiger partial charge is 0.279 e. The van der Waals surface area contributed by atoms with Crippen molar-refractivity contribution in [3.05, 3.63) is 23.3 Å². The lowest BCUT2D eigenvalue weighted by atomic mass is 10.1. The van der Waals surface area contributed by atoms with Gasteiger partial charge < -0.3 is 0 Å². The van der Waals surface area contributed by atoms with Crippen LogP contribution in [0.1, 0.15) is 25.0 Å². The Labute approximate surface area is 75.4 Å². The average molecular weight is 180 g/mol. The molecule has 2 aliphatic rings. The fourth-order valence-electron chi connectivity index (χ4n) is 1.68. The van der Waals surface area contributed by atoms with Gasteiger partial charge in [0.1, 0.15) is 9.12 Å². The highest BCUT2D eigenvalue weighted by Gasteiger charge is 2.19. The molecule has 0 heterocycles. The molecule has 0 aromatic carbocycles. The summed E-state index contributed by atoms with van der Waals surface area (Å²) >= 11 is 0. The first-order valence-corrected chi connectivity index (χ1v) is 4.64. The maximum atomic E-state index is 8.06. The SMILES string of the molecule is CCc1cc2cc-2c1CC.O=P. The van der Waals surface area contributed by atoms with E-state index < -0.39 is 0 Å². The van der Waals surface area contributed by atoms with Crippen LogP contribution in [0, 0.1) is 0 Å². The average Bonchev–Trinajstić information content (AvgIpc) is 2.81. The van der Waals surface area contributed by atoms with Crippen LogP contribution in [0.3, 0.4) is 0 Å². The predicted molar refractivity (Wildman–Crippen MR) is 53.2 cm³/mol. The molecule has 12 heavy (non-hydrogen) atoms. The molecule has 0 saturated heterocycles. The van der Waals surface area contributed by atoms with Crippen molar-refractivity contribution in [2.24, 2.45) is 0 Å². The maximum absolute atomic E-state index is 8.06. The standard InChI is InChI=1S/C10H12.HOP/c1-3-7-5-8-6-10(8)9(7)4-2;1-2/h5-6H,3-4H2,1-2H3;2H. The van der Waals surface area contributed by atoms with Crippen LogP contribution in [0.5, 0.6) is 0 Å². The molecule has 0 atom stereocenters. The summed E-state index contributed by atoms with van der Waals surface area (Å²) in [6.07, 6.45) is 2.40. The fourth-order valence-corrected chi connectivity index (χ4v) is 1.68. The topological polar surface area (TPSA) is 17.1 Å². The van der Waals surface area contributed by atoms with Gasteiger partial charge in [-0.1, -0.05) is 19.9 Å². The Morgan fingerprint density at radius 1 is 1.17 bits per heavy atom. The first-order valence-electron chi connectivity index (χ1n) is 4.23. The molecule has 0 amide bonds. The molecule has 0 N–H and O–H groups in total. The monoisotopic (exact) mass is 180 g/mol. The zero-order chi connectivity index (χ0) is 9.14. The number of benzene rings is 1. The number of hydrogen-bond donors (Lipinski definition) is 0.